The van der Waals surface area contributed by atoms with Gasteiger partial charge in [-0.15, -0.1) is 0 Å². The summed E-state index contributed by atoms with van der Waals surface area (Å²) < 4.78 is 0. The number of unbranched alkanes of at least 4 members (excludes halogenated alkanes) is 1. The molecule has 1 aliphatic rings. The molecule has 0 aliphatic heterocycles. The molecule has 1 aromatic rings. The van der Waals surface area contributed by atoms with Crippen molar-refractivity contribution in [2.24, 2.45) is 0 Å². The highest BCUT2D eigenvalue weighted by molar-refractivity contribution is 5.59. The standard InChI is InChI=1S/C16H28N4/c1-4-7-11-20(13-9-10-13)16-14(8-5-2)15(17-6-3)18-12-19-16/h12-13H,4-11H2,1-3H3,(H,17,18,19). The van der Waals surface area contributed by atoms with Crippen molar-refractivity contribution in [1.29, 1.82) is 0 Å². The Hall–Kier alpha value is -1.32. The molecule has 20 heavy (non-hydrogen) atoms. The Balaban J connectivity index is 2.28. The predicted molar refractivity (Wildman–Crippen MR) is 85.5 cm³/mol. The summed E-state index contributed by atoms with van der Waals surface area (Å²) in [6, 6.07) is 0.710. The van der Waals surface area contributed by atoms with Gasteiger partial charge in [0.05, 0.1) is 0 Å². The highest BCUT2D eigenvalue weighted by Gasteiger charge is 2.31. The summed E-state index contributed by atoms with van der Waals surface area (Å²) >= 11 is 0. The third-order valence-corrected chi connectivity index (χ3v) is 3.78. The van der Waals surface area contributed by atoms with Gasteiger partial charge in [-0.2, -0.15) is 0 Å². The molecule has 0 amide bonds. The second kappa shape index (κ2) is 7.46. The summed E-state index contributed by atoms with van der Waals surface area (Å²) in [4.78, 5) is 11.6. The van der Waals surface area contributed by atoms with Gasteiger partial charge in [-0.25, -0.2) is 9.97 Å². The van der Waals surface area contributed by atoms with E-state index in [4.69, 9.17) is 0 Å². The molecular formula is C16H28N4. The van der Waals surface area contributed by atoms with Gasteiger partial charge >= 0.3 is 0 Å². The molecule has 2 rings (SSSR count). The quantitative estimate of drug-likeness (QED) is 0.748. The van der Waals surface area contributed by atoms with Gasteiger partial charge in [0.1, 0.15) is 18.0 Å². The van der Waals surface area contributed by atoms with Crippen LogP contribution in [0.15, 0.2) is 6.33 Å². The second-order valence-corrected chi connectivity index (χ2v) is 5.58. The van der Waals surface area contributed by atoms with Crippen molar-refractivity contribution in [1.82, 2.24) is 9.97 Å². The maximum atomic E-state index is 4.63. The molecule has 112 valence electrons. The zero-order valence-corrected chi connectivity index (χ0v) is 13.2. The summed E-state index contributed by atoms with van der Waals surface area (Å²) in [5, 5.41) is 3.39. The van der Waals surface area contributed by atoms with E-state index in [0.29, 0.717) is 6.04 Å². The second-order valence-electron chi connectivity index (χ2n) is 5.58. The molecule has 0 aromatic carbocycles. The Morgan fingerprint density at radius 2 is 2.00 bits per heavy atom. The van der Waals surface area contributed by atoms with E-state index in [-0.39, 0.29) is 0 Å². The summed E-state index contributed by atoms with van der Waals surface area (Å²) in [5.41, 5.74) is 1.31. The largest absolute Gasteiger partial charge is 0.370 e. The maximum Gasteiger partial charge on any atom is 0.137 e. The number of nitrogens with one attached hydrogen (secondary N) is 1. The highest BCUT2D eigenvalue weighted by Crippen LogP contribution is 2.34. The summed E-state index contributed by atoms with van der Waals surface area (Å²) in [7, 11) is 0. The fraction of sp³-hybridized carbons (Fsp3) is 0.750. The van der Waals surface area contributed by atoms with Gasteiger partial charge in [0.2, 0.25) is 0 Å². The van der Waals surface area contributed by atoms with Crippen molar-refractivity contribution in [3.63, 3.8) is 0 Å². The Bertz CT molecular complexity index is 415. The van der Waals surface area contributed by atoms with Crippen LogP contribution in [0, 0.1) is 0 Å². The Morgan fingerprint density at radius 3 is 2.60 bits per heavy atom. The first-order valence-electron chi connectivity index (χ1n) is 8.16. The van der Waals surface area contributed by atoms with Gasteiger partial charge in [-0.1, -0.05) is 26.7 Å². The van der Waals surface area contributed by atoms with Crippen LogP contribution in [-0.4, -0.2) is 29.1 Å². The Morgan fingerprint density at radius 1 is 1.20 bits per heavy atom. The monoisotopic (exact) mass is 276 g/mol. The SMILES string of the molecule is CCCCN(c1ncnc(NCC)c1CCC)C1CC1. The average Bonchev–Trinajstić information content (AvgIpc) is 3.27. The lowest BCUT2D eigenvalue weighted by molar-refractivity contribution is 0.697. The van der Waals surface area contributed by atoms with Gasteiger partial charge < -0.3 is 10.2 Å². The van der Waals surface area contributed by atoms with Crippen LogP contribution in [0.4, 0.5) is 11.6 Å². The molecule has 0 saturated heterocycles. The number of hydrogen-bond donors (Lipinski definition) is 1. The molecule has 0 bridgehead atoms. The van der Waals surface area contributed by atoms with Gasteiger partial charge in [0.15, 0.2) is 0 Å². The first-order valence-corrected chi connectivity index (χ1v) is 8.16. The van der Waals surface area contributed by atoms with Crippen LogP contribution in [0.25, 0.3) is 0 Å². The van der Waals surface area contributed by atoms with Crippen molar-refractivity contribution in [2.45, 2.75) is 65.3 Å². The summed E-state index contributed by atoms with van der Waals surface area (Å²) in [5.74, 6) is 2.20. The normalized spacial score (nSPS) is 14.3. The lowest BCUT2D eigenvalue weighted by Gasteiger charge is -2.26. The molecule has 4 nitrogen and oxygen atoms in total. The molecule has 1 heterocycles. The van der Waals surface area contributed by atoms with E-state index in [2.05, 4.69) is 41.0 Å². The molecule has 1 N–H and O–H groups in total. The van der Waals surface area contributed by atoms with Crippen molar-refractivity contribution in [3.8, 4) is 0 Å². The van der Waals surface area contributed by atoms with Crippen LogP contribution < -0.4 is 10.2 Å². The minimum Gasteiger partial charge on any atom is -0.370 e. The van der Waals surface area contributed by atoms with Crippen LogP contribution in [0.3, 0.4) is 0 Å². The van der Waals surface area contributed by atoms with Gasteiger partial charge in [-0.3, -0.25) is 0 Å². The average molecular weight is 276 g/mol. The molecule has 1 saturated carbocycles. The Kier molecular flexibility index (Phi) is 5.62. The van der Waals surface area contributed by atoms with E-state index in [1.807, 2.05) is 0 Å². The van der Waals surface area contributed by atoms with Crippen LogP contribution in [0.2, 0.25) is 0 Å². The zero-order valence-electron chi connectivity index (χ0n) is 13.2. The lowest BCUT2D eigenvalue weighted by Crippen LogP contribution is -2.29. The van der Waals surface area contributed by atoms with Crippen molar-refractivity contribution >= 4 is 11.6 Å². The number of hydrogen-bond acceptors (Lipinski definition) is 4. The van der Waals surface area contributed by atoms with E-state index >= 15 is 0 Å². The molecule has 0 unspecified atom stereocenters. The first-order chi connectivity index (χ1) is 9.81. The predicted octanol–water partition coefficient (Wildman–Crippen LogP) is 3.63. The smallest absolute Gasteiger partial charge is 0.137 e. The minimum absolute atomic E-state index is 0.710. The van der Waals surface area contributed by atoms with Crippen LogP contribution in [-0.2, 0) is 6.42 Å². The molecule has 0 radical (unpaired) electrons. The topological polar surface area (TPSA) is 41.1 Å². The minimum atomic E-state index is 0.710. The van der Waals surface area contributed by atoms with Gasteiger partial charge in [-0.05, 0) is 32.6 Å². The van der Waals surface area contributed by atoms with E-state index in [0.717, 1.165) is 31.7 Å². The van der Waals surface area contributed by atoms with Crippen molar-refractivity contribution in [3.05, 3.63) is 11.9 Å². The third kappa shape index (κ3) is 3.62. The molecule has 0 spiro atoms. The fourth-order valence-corrected chi connectivity index (χ4v) is 2.63. The lowest BCUT2D eigenvalue weighted by atomic mass is 10.1. The molecule has 1 aromatic heterocycles. The number of rotatable bonds is 9. The molecule has 1 aliphatic carbocycles. The highest BCUT2D eigenvalue weighted by atomic mass is 15.2. The molecule has 0 atom stereocenters. The molecular weight excluding hydrogens is 248 g/mol. The fourth-order valence-electron chi connectivity index (χ4n) is 2.63. The van der Waals surface area contributed by atoms with E-state index in [1.54, 1.807) is 6.33 Å². The zero-order chi connectivity index (χ0) is 14.4. The van der Waals surface area contributed by atoms with E-state index in [9.17, 15) is 0 Å². The van der Waals surface area contributed by atoms with Gasteiger partial charge in [0.25, 0.3) is 0 Å². The van der Waals surface area contributed by atoms with Gasteiger partial charge in [0, 0.05) is 24.7 Å². The molecule has 4 heteroatoms. The van der Waals surface area contributed by atoms with Crippen molar-refractivity contribution < 1.29 is 0 Å². The van der Waals surface area contributed by atoms with E-state index in [1.165, 1.54) is 37.1 Å². The van der Waals surface area contributed by atoms with E-state index < -0.39 is 0 Å². The first kappa shape index (κ1) is 15.1. The van der Waals surface area contributed by atoms with Crippen LogP contribution in [0.5, 0.6) is 0 Å². The summed E-state index contributed by atoms with van der Waals surface area (Å²) in [6.45, 7) is 8.63. The number of aromatic nitrogens is 2. The van der Waals surface area contributed by atoms with Crippen LogP contribution >= 0.6 is 0 Å². The number of anilines is 2. The van der Waals surface area contributed by atoms with Crippen LogP contribution in [0.1, 0.15) is 58.4 Å². The third-order valence-electron chi connectivity index (χ3n) is 3.78. The Labute approximate surface area is 123 Å². The number of nitrogens with zero attached hydrogens (tertiary/aromatic N) is 3. The molecule has 1 fully saturated rings. The van der Waals surface area contributed by atoms with Crippen molar-refractivity contribution in [2.75, 3.05) is 23.3 Å². The maximum absolute atomic E-state index is 4.63. The summed E-state index contributed by atoms with van der Waals surface area (Å²) in [6.07, 6.45) is 9.00.